The number of nitrogens with two attached hydrogens (primary N) is 1. The monoisotopic (exact) mass is 1100 g/mol. The van der Waals surface area contributed by atoms with Crippen LogP contribution >= 0.6 is 0 Å². The number of epoxide rings is 1. The molecule has 15 heteroatoms. The van der Waals surface area contributed by atoms with Gasteiger partial charge < -0.3 is 57.5 Å². The highest BCUT2D eigenvalue weighted by Gasteiger charge is 2.86. The molecule has 15 nitrogen and oxygen atoms in total. The Morgan fingerprint density at radius 2 is 1.86 bits per heavy atom. The third-order valence-electron chi connectivity index (χ3n) is 22.2. The Labute approximate surface area is 479 Å². The summed E-state index contributed by atoms with van der Waals surface area (Å²) in [5, 5.41) is 37.1. The molecule has 0 aromatic heterocycles. The Morgan fingerprint density at radius 3 is 2.68 bits per heavy atom. The lowest BCUT2D eigenvalue weighted by atomic mass is 9.46. The van der Waals surface area contributed by atoms with Gasteiger partial charge in [0.25, 0.3) is 5.60 Å². The highest BCUT2D eigenvalue weighted by molar-refractivity contribution is 6.33. The maximum Gasteiger partial charge on any atom is 0.350 e. The molecule has 1 unspecified atom stereocenters. The fourth-order valence-electron chi connectivity index (χ4n) is 18.8. The third kappa shape index (κ3) is 9.15. The van der Waals surface area contributed by atoms with E-state index < -0.39 is 46.2 Å². The number of carbonyl (C=O) groups excluding carboxylic acids is 3. The van der Waals surface area contributed by atoms with E-state index in [0.29, 0.717) is 61.1 Å². The zero-order chi connectivity index (χ0) is 56.1. The number of benzene rings is 1. The number of ketones is 2. The number of esters is 1. The number of hydrogen-bond donors (Lipinski definition) is 9. The number of Topliss-reactive ketones (excluding diaryl/α,β-unsaturated/α-hetero) is 2. The summed E-state index contributed by atoms with van der Waals surface area (Å²) in [4.78, 5) is 53.5. The second kappa shape index (κ2) is 21.1. The quantitative estimate of drug-likeness (QED) is 0.0486. The van der Waals surface area contributed by atoms with Crippen LogP contribution in [0.15, 0.2) is 106 Å². The number of fused-ring (bicyclic) bond motifs is 7. The van der Waals surface area contributed by atoms with E-state index in [1.54, 1.807) is 6.07 Å². The third-order valence-corrected chi connectivity index (χ3v) is 22.2. The molecule has 81 heavy (non-hydrogen) atoms. The summed E-state index contributed by atoms with van der Waals surface area (Å²) in [6.07, 6.45) is 31.3. The van der Waals surface area contributed by atoms with Crippen molar-refractivity contribution in [1.82, 2.24) is 37.2 Å². The first-order chi connectivity index (χ1) is 39.2. The van der Waals surface area contributed by atoms with Crippen LogP contribution in [0.5, 0.6) is 0 Å². The minimum absolute atomic E-state index is 0.0188. The van der Waals surface area contributed by atoms with Gasteiger partial charge in [-0.2, -0.15) is 0 Å². The Bertz CT molecular complexity index is 2990. The van der Waals surface area contributed by atoms with Gasteiger partial charge in [-0.3, -0.25) is 14.6 Å². The van der Waals surface area contributed by atoms with Crippen molar-refractivity contribution >= 4 is 23.5 Å². The van der Waals surface area contributed by atoms with E-state index in [1.807, 2.05) is 38.5 Å². The van der Waals surface area contributed by atoms with E-state index >= 15 is 14.4 Å². The number of aliphatic imine (C=N–C) groups is 1. The molecular weight excluding hydrogens is 1010 g/mol. The number of likely N-dealkylation sites (N-methyl/N-ethyl adjacent to an activating group) is 1. The molecule has 0 radical (unpaired) electrons. The van der Waals surface area contributed by atoms with Gasteiger partial charge in [-0.15, -0.1) is 0 Å². The molecule has 1 aromatic carbocycles. The summed E-state index contributed by atoms with van der Waals surface area (Å²) >= 11 is 0. The van der Waals surface area contributed by atoms with Crippen molar-refractivity contribution in [2.24, 2.45) is 57.6 Å². The molecular formula is C66H89N9O6. The van der Waals surface area contributed by atoms with Gasteiger partial charge in [0.2, 0.25) is 5.78 Å². The maximum atomic E-state index is 16.4. The number of dihydropyridines is 2. The molecule has 434 valence electrons. The Balaban J connectivity index is 0.931. The van der Waals surface area contributed by atoms with Crippen LogP contribution in [0.4, 0.5) is 0 Å². The van der Waals surface area contributed by atoms with Gasteiger partial charge in [0, 0.05) is 61.3 Å². The Hall–Kier alpha value is -5.32. The van der Waals surface area contributed by atoms with Crippen LogP contribution in [0, 0.1) is 46.8 Å². The molecule has 16 atom stereocenters. The fraction of sp³-hybridized carbons (Fsp3) is 0.636. The smallest absolute Gasteiger partial charge is 0.350 e. The molecule has 3 saturated carbocycles. The summed E-state index contributed by atoms with van der Waals surface area (Å²) in [6, 6.07) is 5.69. The van der Waals surface area contributed by atoms with Gasteiger partial charge in [-0.25, -0.2) is 4.79 Å². The van der Waals surface area contributed by atoms with Gasteiger partial charge in [-0.05, 0) is 186 Å². The summed E-state index contributed by atoms with van der Waals surface area (Å²) in [5.41, 5.74) is 8.33. The highest BCUT2D eigenvalue weighted by Crippen LogP contribution is 2.64. The average Bonchev–Trinajstić information content (AvgIpc) is 1.69. The van der Waals surface area contributed by atoms with Crippen molar-refractivity contribution in [1.29, 1.82) is 0 Å². The maximum absolute atomic E-state index is 16.4. The Kier molecular flexibility index (Phi) is 14.3. The van der Waals surface area contributed by atoms with Crippen molar-refractivity contribution in [3.8, 4) is 0 Å². The first-order valence-corrected chi connectivity index (χ1v) is 31.3. The van der Waals surface area contributed by atoms with E-state index in [1.165, 1.54) is 16.7 Å². The van der Waals surface area contributed by atoms with E-state index in [-0.39, 0.29) is 53.6 Å². The van der Waals surface area contributed by atoms with Crippen LogP contribution in [0.3, 0.4) is 0 Å². The molecule has 1 spiro atoms. The van der Waals surface area contributed by atoms with E-state index in [0.717, 1.165) is 125 Å². The summed E-state index contributed by atoms with van der Waals surface area (Å²) in [7, 11) is 3.80. The van der Waals surface area contributed by atoms with Crippen molar-refractivity contribution < 1.29 is 29.0 Å². The zero-order valence-corrected chi connectivity index (χ0v) is 48.6. The van der Waals surface area contributed by atoms with Gasteiger partial charge in [0.1, 0.15) is 11.9 Å². The number of hydrogen-bond acceptors (Lipinski definition) is 13. The molecule has 14 rings (SSSR count). The van der Waals surface area contributed by atoms with Crippen LogP contribution < -0.4 is 43.0 Å². The average molecular weight is 1100 g/mol. The number of aliphatic hydroxyl groups is 1. The van der Waals surface area contributed by atoms with Gasteiger partial charge in [0.15, 0.2) is 17.3 Å². The topological polar surface area (TPSA) is 216 Å². The second-order valence-electron chi connectivity index (χ2n) is 27.1. The summed E-state index contributed by atoms with van der Waals surface area (Å²) in [6.45, 7) is 8.81. The lowest BCUT2D eigenvalue weighted by Gasteiger charge is -2.63. The number of nitrogens with zero attached hydrogens (tertiary/aromatic N) is 1. The molecule has 7 heterocycles. The van der Waals surface area contributed by atoms with Gasteiger partial charge >= 0.3 is 5.97 Å². The molecule has 6 aliphatic carbocycles. The van der Waals surface area contributed by atoms with E-state index in [4.69, 9.17) is 15.2 Å². The number of guanidine groups is 1. The summed E-state index contributed by atoms with van der Waals surface area (Å²) in [5.74, 6) is 1.71. The molecule has 13 aliphatic rings. The van der Waals surface area contributed by atoms with E-state index in [2.05, 4.69) is 99.4 Å². The molecule has 7 aliphatic heterocycles. The standard InChI is InChI=1S/C66H89N9O6/c1-6-73-64-35-41-17-19-44(76)31-49(41)56-55(64)47-20-18-40(45-14-7-12-43(36-64)53(45)47)13-9-26-62(3,33-39-16-22-51(67)72-37-39)34-42-11-8-15-48-54(42)58(78)66(60(79)80-56)65(81-66,57(48)77)28-24-38(2)32-63(27-10-29-71-61(69-5)75-63)50-25-30-70-59-46(50)21-23-52(68-4)74-59/h7-8,11-12,15-16,22,24-25,36-37,40-41,44-45,47,49,51-53,55-56,68,70,72-74,76H,6,9-10,13-14,17-21,23,26-35,67H2,1-5H3,(H2,69,71,75)/b38-24+/t40-,41-,44-,45-,47+,49-,51?,52-,53-,55-,56-,62+,63+,64+,65+,66+/m1/s1. The molecule has 6 bridgehead atoms. The number of rotatable bonds is 10. The SMILES string of the molecule is CCN[C@]12C=C3C=CC[C@@H]4[C@@H]5CCC[C@@](C)(CC6=CNC(N)C=C6)Cc6cccc7c6C(=O)[C@]6(O[C@@]6(C/C=C(\C)C[C@]6(C8=CCNC9=C8CC[C@H](NC)N9)CCCNC(=NC)N6)C7=O)C(=O)O[C@H]([C@@H]6C[C@H](O)CC[C@@H]6C1)[C@H]2[C@@H](CC5)[C@H]34. The van der Waals surface area contributed by atoms with Crippen LogP contribution in [0.1, 0.15) is 156 Å². The first-order valence-electron chi connectivity index (χ1n) is 31.3. The fourth-order valence-corrected chi connectivity index (χ4v) is 18.8. The van der Waals surface area contributed by atoms with Crippen molar-refractivity contribution in [2.75, 3.05) is 33.7 Å². The van der Waals surface area contributed by atoms with Gasteiger partial charge in [0.05, 0.1) is 24.0 Å². The second-order valence-corrected chi connectivity index (χ2v) is 27.1. The van der Waals surface area contributed by atoms with E-state index in [9.17, 15) is 5.11 Å². The number of allylic oxidation sites excluding steroid dienone is 5. The molecule has 10 N–H and O–H groups in total. The first kappa shape index (κ1) is 54.9. The number of nitrogens with one attached hydrogen (secondary N) is 7. The zero-order valence-electron chi connectivity index (χ0n) is 48.6. The molecule has 0 amide bonds. The lowest BCUT2D eigenvalue weighted by molar-refractivity contribution is -0.183. The van der Waals surface area contributed by atoms with Crippen LogP contribution in [-0.4, -0.2) is 109 Å². The highest BCUT2D eigenvalue weighted by atomic mass is 16.7. The summed E-state index contributed by atoms with van der Waals surface area (Å²) < 4.78 is 14.3. The number of aliphatic hydroxyl groups excluding tert-OH is 1. The van der Waals surface area contributed by atoms with Gasteiger partial charge in [-0.1, -0.05) is 86.9 Å². The molecule has 2 saturated heterocycles. The number of ether oxygens (including phenoxy) is 2. The molecule has 5 fully saturated rings. The normalized spacial score (nSPS) is 41.9. The molecule has 1 aromatic rings. The number of carbonyl (C=O) groups is 3. The minimum Gasteiger partial charge on any atom is -0.459 e. The van der Waals surface area contributed by atoms with Crippen LogP contribution in [0.2, 0.25) is 0 Å². The minimum atomic E-state index is -2.20. The van der Waals surface area contributed by atoms with Crippen molar-refractivity contribution in [3.05, 3.63) is 117 Å². The van der Waals surface area contributed by atoms with Crippen LogP contribution in [-0.2, 0) is 20.7 Å². The van der Waals surface area contributed by atoms with Crippen molar-refractivity contribution in [2.45, 2.75) is 183 Å². The van der Waals surface area contributed by atoms with Crippen molar-refractivity contribution in [3.63, 3.8) is 0 Å². The van der Waals surface area contributed by atoms with Crippen LogP contribution in [0.25, 0.3) is 0 Å². The predicted octanol–water partition coefficient (Wildman–Crippen LogP) is 7.33. The Morgan fingerprint density at radius 1 is 1.00 bits per heavy atom. The lowest BCUT2D eigenvalue weighted by Crippen LogP contribution is -2.68. The largest absolute Gasteiger partial charge is 0.459 e. The predicted molar refractivity (Wildman–Crippen MR) is 314 cm³/mol.